The summed E-state index contributed by atoms with van der Waals surface area (Å²) in [7, 11) is 0. The van der Waals surface area contributed by atoms with Crippen molar-refractivity contribution in [2.75, 3.05) is 26.3 Å². The maximum absolute atomic E-state index is 12.1. The second kappa shape index (κ2) is 6.27. The van der Waals surface area contributed by atoms with Gasteiger partial charge >= 0.3 is 6.18 Å². The Kier molecular flexibility index (Phi) is 4.63. The first-order valence-corrected chi connectivity index (χ1v) is 6.19. The monoisotopic (exact) mass is 305 g/mol. The number of hydrogen-bond donors (Lipinski definition) is 2. The van der Waals surface area contributed by atoms with Crippen LogP contribution < -0.4 is 15.8 Å². The van der Waals surface area contributed by atoms with Crippen LogP contribution in [-0.2, 0) is 4.74 Å². The van der Waals surface area contributed by atoms with E-state index in [0.29, 0.717) is 19.7 Å². The summed E-state index contributed by atoms with van der Waals surface area (Å²) in [6.45, 7) is -0.0278. The van der Waals surface area contributed by atoms with Gasteiger partial charge in [0.15, 0.2) is 6.61 Å². The van der Waals surface area contributed by atoms with Gasteiger partial charge in [0.2, 0.25) is 5.88 Å². The van der Waals surface area contributed by atoms with E-state index >= 15 is 0 Å². The molecule has 9 heteroatoms. The maximum atomic E-state index is 12.1. The van der Waals surface area contributed by atoms with Crippen molar-refractivity contribution in [3.8, 4) is 5.88 Å². The minimum Gasteiger partial charge on any atom is -0.468 e. The molecule has 3 N–H and O–H groups in total. The van der Waals surface area contributed by atoms with Crippen molar-refractivity contribution in [1.82, 2.24) is 10.3 Å². The Morgan fingerprint density at radius 3 is 2.86 bits per heavy atom. The molecule has 0 bridgehead atoms. The van der Waals surface area contributed by atoms with Crippen LogP contribution in [0.1, 0.15) is 22.2 Å². The fourth-order valence-corrected chi connectivity index (χ4v) is 1.89. The minimum absolute atomic E-state index is 0.100. The molecule has 1 aromatic heterocycles. The van der Waals surface area contributed by atoms with Crippen LogP contribution in [0.5, 0.6) is 5.88 Å². The molecule has 2 heterocycles. The molecule has 1 saturated heterocycles. The van der Waals surface area contributed by atoms with E-state index in [2.05, 4.69) is 15.0 Å². The standard InChI is InChI=1S/C12H14F3N3O3/c13-12(14,15)6-21-9-2-1-7(11(16)19)10(18-9)8-5-17-3-4-20-8/h1-2,8,17H,3-6H2,(H2,16,19). The summed E-state index contributed by atoms with van der Waals surface area (Å²) in [6, 6.07) is 2.46. The lowest BCUT2D eigenvalue weighted by Crippen LogP contribution is -2.35. The zero-order valence-corrected chi connectivity index (χ0v) is 10.9. The number of rotatable bonds is 4. The van der Waals surface area contributed by atoms with Gasteiger partial charge < -0.3 is 20.5 Å². The van der Waals surface area contributed by atoms with Gasteiger partial charge in [0, 0.05) is 19.2 Å². The Bertz CT molecular complexity index is 516. The zero-order chi connectivity index (χ0) is 15.5. The Balaban J connectivity index is 2.23. The highest BCUT2D eigenvalue weighted by Gasteiger charge is 2.29. The molecule has 1 atom stereocenters. The molecule has 0 saturated carbocycles. The van der Waals surface area contributed by atoms with E-state index in [-0.39, 0.29) is 17.1 Å². The van der Waals surface area contributed by atoms with Crippen LogP contribution in [0.25, 0.3) is 0 Å². The van der Waals surface area contributed by atoms with E-state index < -0.39 is 24.8 Å². The molecule has 1 aliphatic rings. The second-order valence-electron chi connectivity index (χ2n) is 4.41. The van der Waals surface area contributed by atoms with E-state index in [1.165, 1.54) is 12.1 Å². The van der Waals surface area contributed by atoms with Crippen molar-refractivity contribution in [3.05, 3.63) is 23.4 Å². The molecule has 1 aliphatic heterocycles. The minimum atomic E-state index is -4.47. The van der Waals surface area contributed by atoms with E-state index in [1.54, 1.807) is 0 Å². The van der Waals surface area contributed by atoms with Crippen molar-refractivity contribution in [2.45, 2.75) is 12.3 Å². The first-order chi connectivity index (χ1) is 9.87. The number of primary amides is 1. The Hall–Kier alpha value is -1.87. The zero-order valence-electron chi connectivity index (χ0n) is 10.9. The predicted octanol–water partition coefficient (Wildman–Crippen LogP) is 0.782. The maximum Gasteiger partial charge on any atom is 0.422 e. The fraction of sp³-hybridized carbons (Fsp3) is 0.500. The average molecular weight is 305 g/mol. The van der Waals surface area contributed by atoms with Gasteiger partial charge in [-0.05, 0) is 6.07 Å². The number of carbonyl (C=O) groups is 1. The predicted molar refractivity (Wildman–Crippen MR) is 65.9 cm³/mol. The lowest BCUT2D eigenvalue weighted by molar-refractivity contribution is -0.154. The molecule has 2 rings (SSSR count). The molecule has 1 amide bonds. The largest absolute Gasteiger partial charge is 0.468 e. The van der Waals surface area contributed by atoms with Gasteiger partial charge in [-0.15, -0.1) is 0 Å². The van der Waals surface area contributed by atoms with Crippen molar-refractivity contribution in [2.24, 2.45) is 5.73 Å². The van der Waals surface area contributed by atoms with Crippen molar-refractivity contribution >= 4 is 5.91 Å². The summed E-state index contributed by atoms with van der Waals surface area (Å²) in [6.07, 6.45) is -5.02. The molecule has 0 spiro atoms. The third-order valence-electron chi connectivity index (χ3n) is 2.78. The van der Waals surface area contributed by atoms with Gasteiger partial charge in [-0.2, -0.15) is 13.2 Å². The highest BCUT2D eigenvalue weighted by molar-refractivity contribution is 5.94. The van der Waals surface area contributed by atoms with E-state index in [4.69, 9.17) is 10.5 Å². The highest BCUT2D eigenvalue weighted by Crippen LogP contribution is 2.24. The van der Waals surface area contributed by atoms with Crippen molar-refractivity contribution < 1.29 is 27.4 Å². The van der Waals surface area contributed by atoms with Gasteiger partial charge in [-0.25, -0.2) is 4.98 Å². The number of carbonyl (C=O) groups excluding carboxylic acids is 1. The molecule has 0 radical (unpaired) electrons. The first kappa shape index (κ1) is 15.5. The molecular formula is C12H14F3N3O3. The second-order valence-corrected chi connectivity index (χ2v) is 4.41. The summed E-state index contributed by atoms with van der Waals surface area (Å²) < 4.78 is 46.4. The number of hydrogen-bond acceptors (Lipinski definition) is 5. The van der Waals surface area contributed by atoms with Crippen LogP contribution in [0, 0.1) is 0 Å². The molecule has 6 nitrogen and oxygen atoms in total. The molecule has 0 aromatic carbocycles. The van der Waals surface area contributed by atoms with Crippen LogP contribution in [0.15, 0.2) is 12.1 Å². The number of alkyl halides is 3. The van der Waals surface area contributed by atoms with Gasteiger partial charge in [-0.1, -0.05) is 0 Å². The molecule has 1 unspecified atom stereocenters. The highest BCUT2D eigenvalue weighted by atomic mass is 19.4. The van der Waals surface area contributed by atoms with E-state index in [0.717, 1.165) is 0 Å². The van der Waals surface area contributed by atoms with Crippen molar-refractivity contribution in [3.63, 3.8) is 0 Å². The van der Waals surface area contributed by atoms with Crippen LogP contribution in [-0.4, -0.2) is 43.4 Å². The number of pyridine rings is 1. The van der Waals surface area contributed by atoms with Crippen LogP contribution in [0.2, 0.25) is 0 Å². The lowest BCUT2D eigenvalue weighted by atomic mass is 10.1. The van der Waals surface area contributed by atoms with Gasteiger partial charge in [0.05, 0.1) is 17.9 Å². The topological polar surface area (TPSA) is 86.5 Å². The summed E-state index contributed by atoms with van der Waals surface area (Å²) in [5.41, 5.74) is 5.51. The SMILES string of the molecule is NC(=O)c1ccc(OCC(F)(F)F)nc1C1CNCCO1. The number of nitrogens with two attached hydrogens (primary N) is 1. The third kappa shape index (κ3) is 4.30. The van der Waals surface area contributed by atoms with Crippen LogP contribution in [0.4, 0.5) is 13.2 Å². The molecule has 21 heavy (non-hydrogen) atoms. The number of ether oxygens (including phenoxy) is 2. The number of morpholine rings is 1. The number of nitrogens with one attached hydrogen (secondary N) is 1. The summed E-state index contributed by atoms with van der Waals surface area (Å²) in [4.78, 5) is 15.3. The molecular weight excluding hydrogens is 291 g/mol. The first-order valence-electron chi connectivity index (χ1n) is 6.19. The van der Waals surface area contributed by atoms with Gasteiger partial charge in [0.25, 0.3) is 5.91 Å². The fourth-order valence-electron chi connectivity index (χ4n) is 1.89. The lowest BCUT2D eigenvalue weighted by Gasteiger charge is -2.24. The number of amides is 1. The normalized spacial score (nSPS) is 19.3. The number of aromatic nitrogens is 1. The smallest absolute Gasteiger partial charge is 0.422 e. The Morgan fingerprint density at radius 2 is 2.29 bits per heavy atom. The third-order valence-corrected chi connectivity index (χ3v) is 2.78. The average Bonchev–Trinajstić information content (AvgIpc) is 2.45. The number of nitrogens with zero attached hydrogens (tertiary/aromatic N) is 1. The van der Waals surface area contributed by atoms with E-state index in [9.17, 15) is 18.0 Å². The Labute approximate surface area is 118 Å². The summed E-state index contributed by atoms with van der Waals surface area (Å²) in [5, 5.41) is 3.04. The van der Waals surface area contributed by atoms with Crippen LogP contribution in [0.3, 0.4) is 0 Å². The number of halogens is 3. The van der Waals surface area contributed by atoms with Crippen molar-refractivity contribution in [1.29, 1.82) is 0 Å². The molecule has 1 aromatic rings. The molecule has 116 valence electrons. The quantitative estimate of drug-likeness (QED) is 0.858. The molecule has 0 aliphatic carbocycles. The van der Waals surface area contributed by atoms with E-state index in [1.807, 2.05) is 0 Å². The summed E-state index contributed by atoms with van der Waals surface area (Å²) in [5.74, 6) is -0.962. The molecule has 1 fully saturated rings. The summed E-state index contributed by atoms with van der Waals surface area (Å²) >= 11 is 0. The van der Waals surface area contributed by atoms with Gasteiger partial charge in [0.1, 0.15) is 6.10 Å². The van der Waals surface area contributed by atoms with Crippen LogP contribution >= 0.6 is 0 Å². The Morgan fingerprint density at radius 1 is 1.52 bits per heavy atom. The van der Waals surface area contributed by atoms with Gasteiger partial charge in [-0.3, -0.25) is 4.79 Å².